The number of hydrogen-bond acceptors (Lipinski definition) is 7. The van der Waals surface area contributed by atoms with Gasteiger partial charge in [-0.25, -0.2) is 9.97 Å². The van der Waals surface area contributed by atoms with E-state index < -0.39 is 0 Å². The number of nitrogens with zero attached hydrogens (tertiary/aromatic N) is 4. The van der Waals surface area contributed by atoms with Gasteiger partial charge in [-0.2, -0.15) is 0 Å². The summed E-state index contributed by atoms with van der Waals surface area (Å²) in [7, 11) is 1.72. The van der Waals surface area contributed by atoms with Gasteiger partial charge in [-0.1, -0.05) is 0 Å². The van der Waals surface area contributed by atoms with Crippen LogP contribution in [-0.2, 0) is 18.3 Å². The molecule has 1 saturated carbocycles. The highest BCUT2D eigenvalue weighted by Gasteiger charge is 2.27. The van der Waals surface area contributed by atoms with Crippen molar-refractivity contribution in [2.75, 3.05) is 31.6 Å². The second-order valence-electron chi connectivity index (χ2n) is 6.74. The lowest BCUT2D eigenvalue weighted by molar-refractivity contribution is -0.0237. The van der Waals surface area contributed by atoms with Gasteiger partial charge in [0.2, 0.25) is 0 Å². The molecule has 1 aliphatic heterocycles. The Hall–Kier alpha value is -1.77. The second-order valence-corrected chi connectivity index (χ2v) is 7.89. The highest BCUT2D eigenvalue weighted by molar-refractivity contribution is 7.11. The normalized spacial score (nSPS) is 21.4. The lowest BCUT2D eigenvalue weighted by Crippen LogP contribution is -2.45. The van der Waals surface area contributed by atoms with E-state index in [1.807, 2.05) is 17.5 Å². The molecule has 2 aromatic rings. The van der Waals surface area contributed by atoms with Gasteiger partial charge < -0.3 is 14.6 Å². The maximum absolute atomic E-state index is 12.0. The van der Waals surface area contributed by atoms with Crippen molar-refractivity contribution in [2.24, 2.45) is 7.05 Å². The minimum Gasteiger partial charge on any atom is -0.374 e. The first-order chi connectivity index (χ1) is 12.2. The topological polar surface area (TPSA) is 72.3 Å². The first-order valence-corrected chi connectivity index (χ1v) is 9.55. The molecule has 4 rings (SSSR count). The number of thiazole rings is 1. The first-order valence-electron chi connectivity index (χ1n) is 8.73. The third-order valence-electron chi connectivity index (χ3n) is 4.61. The molecule has 2 aliphatic rings. The molecule has 0 spiro atoms. The standard InChI is InChI=1S/C17H23N5O2S/c1-21-5-4-18-15(17(21)23)19-8-13-10-22(6-7-24-13)11-14-9-20-16(25-14)12-2-3-12/h4-5,9,12-13H,2-3,6-8,10-11H2,1H3,(H,18,19)/t13-/m0/s1. The van der Waals surface area contributed by atoms with Gasteiger partial charge in [0.1, 0.15) is 0 Å². The number of rotatable bonds is 6. The zero-order valence-electron chi connectivity index (χ0n) is 14.4. The quantitative estimate of drug-likeness (QED) is 0.839. The van der Waals surface area contributed by atoms with E-state index in [9.17, 15) is 4.79 Å². The average molecular weight is 361 g/mol. The molecule has 25 heavy (non-hydrogen) atoms. The third kappa shape index (κ3) is 4.08. The fraction of sp³-hybridized carbons (Fsp3) is 0.588. The number of hydrogen-bond donors (Lipinski definition) is 1. The molecule has 0 aromatic carbocycles. The number of morpholine rings is 1. The average Bonchev–Trinajstić information content (AvgIpc) is 3.37. The van der Waals surface area contributed by atoms with Crippen LogP contribution < -0.4 is 10.9 Å². The van der Waals surface area contributed by atoms with Crippen LogP contribution in [0.1, 0.15) is 28.6 Å². The van der Waals surface area contributed by atoms with Gasteiger partial charge in [0.05, 0.1) is 17.7 Å². The molecular formula is C17H23N5O2S. The first kappa shape index (κ1) is 16.7. The van der Waals surface area contributed by atoms with E-state index in [-0.39, 0.29) is 11.7 Å². The fourth-order valence-corrected chi connectivity index (χ4v) is 4.14. The molecule has 7 nitrogen and oxygen atoms in total. The van der Waals surface area contributed by atoms with Crippen LogP contribution in [0.3, 0.4) is 0 Å². The summed E-state index contributed by atoms with van der Waals surface area (Å²) in [6.07, 6.45) is 7.95. The van der Waals surface area contributed by atoms with Crippen molar-refractivity contribution in [3.05, 3.63) is 38.8 Å². The second kappa shape index (κ2) is 7.23. The molecule has 1 saturated heterocycles. The van der Waals surface area contributed by atoms with Crippen LogP contribution in [-0.4, -0.2) is 51.8 Å². The van der Waals surface area contributed by atoms with E-state index >= 15 is 0 Å². The smallest absolute Gasteiger partial charge is 0.293 e. The summed E-state index contributed by atoms with van der Waals surface area (Å²) in [6.45, 7) is 3.99. The number of aryl methyl sites for hydroxylation is 1. The van der Waals surface area contributed by atoms with Crippen LogP contribution in [0.5, 0.6) is 0 Å². The van der Waals surface area contributed by atoms with Crippen LogP contribution >= 0.6 is 11.3 Å². The number of aromatic nitrogens is 3. The molecule has 1 atom stereocenters. The van der Waals surface area contributed by atoms with Crippen molar-refractivity contribution in [3.63, 3.8) is 0 Å². The van der Waals surface area contributed by atoms with Gasteiger partial charge in [0.15, 0.2) is 5.82 Å². The van der Waals surface area contributed by atoms with E-state index in [1.165, 1.54) is 27.3 Å². The van der Waals surface area contributed by atoms with Gasteiger partial charge in [-0.05, 0) is 12.8 Å². The molecule has 0 unspecified atom stereocenters. The summed E-state index contributed by atoms with van der Waals surface area (Å²) in [5.41, 5.74) is -0.118. The highest BCUT2D eigenvalue weighted by atomic mass is 32.1. The van der Waals surface area contributed by atoms with Gasteiger partial charge in [-0.15, -0.1) is 11.3 Å². The van der Waals surface area contributed by atoms with Crippen LogP contribution in [0, 0.1) is 0 Å². The van der Waals surface area contributed by atoms with Gasteiger partial charge in [0.25, 0.3) is 5.56 Å². The van der Waals surface area contributed by atoms with Crippen LogP contribution in [0.25, 0.3) is 0 Å². The summed E-state index contributed by atoms with van der Waals surface area (Å²) in [5.74, 6) is 1.10. The Bertz CT molecular complexity index is 785. The van der Waals surface area contributed by atoms with Crippen molar-refractivity contribution < 1.29 is 4.74 Å². The molecule has 134 valence electrons. The summed E-state index contributed by atoms with van der Waals surface area (Å²) in [4.78, 5) is 24.4. The van der Waals surface area contributed by atoms with E-state index in [1.54, 1.807) is 19.4 Å². The number of nitrogens with one attached hydrogen (secondary N) is 1. The third-order valence-corrected chi connectivity index (χ3v) is 5.76. The van der Waals surface area contributed by atoms with Gasteiger partial charge in [0, 0.05) is 62.6 Å². The fourth-order valence-electron chi connectivity index (χ4n) is 3.01. The van der Waals surface area contributed by atoms with Crippen molar-refractivity contribution in [2.45, 2.75) is 31.4 Å². The van der Waals surface area contributed by atoms with Gasteiger partial charge >= 0.3 is 0 Å². The Kier molecular flexibility index (Phi) is 4.82. The highest BCUT2D eigenvalue weighted by Crippen LogP contribution is 2.41. The number of ether oxygens (including phenoxy) is 1. The van der Waals surface area contributed by atoms with E-state index in [0.29, 0.717) is 19.0 Å². The van der Waals surface area contributed by atoms with Crippen molar-refractivity contribution >= 4 is 17.2 Å². The maximum Gasteiger partial charge on any atom is 0.293 e. The van der Waals surface area contributed by atoms with E-state index in [2.05, 4.69) is 20.2 Å². The molecule has 0 bridgehead atoms. The Labute approximate surface area is 150 Å². The lowest BCUT2D eigenvalue weighted by atomic mass is 10.2. The molecule has 8 heteroatoms. The predicted octanol–water partition coefficient (Wildman–Crippen LogP) is 1.43. The Morgan fingerprint density at radius 2 is 2.28 bits per heavy atom. The largest absolute Gasteiger partial charge is 0.374 e. The maximum atomic E-state index is 12.0. The minimum absolute atomic E-state index is 0.0521. The van der Waals surface area contributed by atoms with Crippen molar-refractivity contribution in [3.8, 4) is 0 Å². The molecular weight excluding hydrogens is 338 g/mol. The molecule has 0 amide bonds. The lowest BCUT2D eigenvalue weighted by Gasteiger charge is -2.32. The zero-order chi connectivity index (χ0) is 17.2. The van der Waals surface area contributed by atoms with Crippen molar-refractivity contribution in [1.29, 1.82) is 0 Å². The Morgan fingerprint density at radius 1 is 1.40 bits per heavy atom. The van der Waals surface area contributed by atoms with Crippen LogP contribution in [0.15, 0.2) is 23.4 Å². The molecule has 2 fully saturated rings. The zero-order valence-corrected chi connectivity index (χ0v) is 15.2. The molecule has 3 heterocycles. The van der Waals surface area contributed by atoms with E-state index in [0.717, 1.165) is 25.6 Å². The Balaban J connectivity index is 1.31. The van der Waals surface area contributed by atoms with E-state index in [4.69, 9.17) is 4.74 Å². The van der Waals surface area contributed by atoms with Gasteiger partial charge in [-0.3, -0.25) is 9.69 Å². The predicted molar refractivity (Wildman–Crippen MR) is 97.1 cm³/mol. The Morgan fingerprint density at radius 3 is 3.12 bits per heavy atom. The van der Waals surface area contributed by atoms with Crippen molar-refractivity contribution in [1.82, 2.24) is 19.4 Å². The molecule has 0 radical (unpaired) electrons. The molecule has 1 N–H and O–H groups in total. The molecule has 2 aromatic heterocycles. The summed E-state index contributed by atoms with van der Waals surface area (Å²) < 4.78 is 7.36. The monoisotopic (exact) mass is 361 g/mol. The number of anilines is 1. The minimum atomic E-state index is -0.118. The van der Waals surface area contributed by atoms with Crippen LogP contribution in [0.4, 0.5) is 5.82 Å². The summed E-state index contributed by atoms with van der Waals surface area (Å²) in [6, 6.07) is 0. The summed E-state index contributed by atoms with van der Waals surface area (Å²) in [5, 5.41) is 4.43. The SMILES string of the molecule is Cn1ccnc(NC[C@H]2CN(Cc3cnc(C4CC4)s3)CCO2)c1=O. The molecule has 1 aliphatic carbocycles. The summed E-state index contributed by atoms with van der Waals surface area (Å²) >= 11 is 1.85. The van der Waals surface area contributed by atoms with Crippen LogP contribution in [0.2, 0.25) is 0 Å².